The number of hydrogen-bond acceptors (Lipinski definition) is 5. The second-order valence-electron chi connectivity index (χ2n) is 6.83. The van der Waals surface area contributed by atoms with Crippen LogP contribution in [0, 0.1) is 0 Å². The molecule has 8 nitrogen and oxygen atoms in total. The minimum Gasteiger partial charge on any atom is -0.493 e. The molecule has 2 aliphatic heterocycles. The van der Waals surface area contributed by atoms with Gasteiger partial charge >= 0.3 is 6.03 Å². The van der Waals surface area contributed by atoms with E-state index in [1.165, 1.54) is 0 Å². The molecule has 2 heterocycles. The zero-order valence-corrected chi connectivity index (χ0v) is 15.7. The predicted molar refractivity (Wildman–Crippen MR) is 103 cm³/mol. The normalized spacial score (nSPS) is 20.1. The van der Waals surface area contributed by atoms with Crippen molar-refractivity contribution in [3.05, 3.63) is 60.2 Å². The summed E-state index contributed by atoms with van der Waals surface area (Å²) < 4.78 is 11.1. The largest absolute Gasteiger partial charge is 0.493 e. The van der Waals surface area contributed by atoms with Crippen LogP contribution in [0.15, 0.2) is 54.6 Å². The van der Waals surface area contributed by atoms with Crippen molar-refractivity contribution >= 4 is 17.8 Å². The lowest BCUT2D eigenvalue weighted by Crippen LogP contribution is -2.48. The summed E-state index contributed by atoms with van der Waals surface area (Å²) in [4.78, 5) is 38.8. The number of carbonyl (C=O) groups is 3. The van der Waals surface area contributed by atoms with Crippen molar-refractivity contribution in [2.24, 2.45) is 0 Å². The van der Waals surface area contributed by atoms with Crippen molar-refractivity contribution in [3.8, 4) is 11.5 Å². The van der Waals surface area contributed by atoms with Crippen LogP contribution in [0.4, 0.5) is 4.79 Å². The van der Waals surface area contributed by atoms with E-state index in [2.05, 4.69) is 10.6 Å². The summed E-state index contributed by atoms with van der Waals surface area (Å²) in [5, 5.41) is 5.44. The quantitative estimate of drug-likeness (QED) is 0.570. The van der Waals surface area contributed by atoms with Gasteiger partial charge < -0.3 is 20.1 Å². The van der Waals surface area contributed by atoms with Crippen LogP contribution in [-0.2, 0) is 15.1 Å². The molecule has 2 aromatic rings. The molecule has 1 spiro atoms. The number of imide groups is 1. The maximum atomic E-state index is 13.1. The van der Waals surface area contributed by atoms with Crippen LogP contribution in [0.5, 0.6) is 11.5 Å². The predicted octanol–water partition coefficient (Wildman–Crippen LogP) is 1.41. The van der Waals surface area contributed by atoms with Crippen molar-refractivity contribution < 1.29 is 23.9 Å². The van der Waals surface area contributed by atoms with Crippen LogP contribution in [0.25, 0.3) is 0 Å². The molecule has 0 aliphatic carbocycles. The van der Waals surface area contributed by atoms with Crippen LogP contribution < -0.4 is 20.1 Å². The van der Waals surface area contributed by atoms with E-state index in [1.54, 1.807) is 18.2 Å². The van der Waals surface area contributed by atoms with Gasteiger partial charge in [0.05, 0.1) is 13.2 Å². The molecule has 0 radical (unpaired) electrons. The summed E-state index contributed by atoms with van der Waals surface area (Å²) in [5.74, 6) is 0.407. The number of ether oxygens (including phenoxy) is 2. The molecule has 2 N–H and O–H groups in total. The average molecular weight is 395 g/mol. The Morgan fingerprint density at radius 2 is 1.90 bits per heavy atom. The summed E-state index contributed by atoms with van der Waals surface area (Å²) in [6, 6.07) is 15.8. The maximum absolute atomic E-state index is 13.1. The highest BCUT2D eigenvalue weighted by Crippen LogP contribution is 2.40. The molecule has 2 aliphatic rings. The number of urea groups is 1. The maximum Gasteiger partial charge on any atom is 0.325 e. The lowest BCUT2D eigenvalue weighted by atomic mass is 9.84. The molecule has 1 saturated heterocycles. The van der Waals surface area contributed by atoms with Crippen molar-refractivity contribution in [2.45, 2.75) is 12.0 Å². The van der Waals surface area contributed by atoms with Gasteiger partial charge in [-0.25, -0.2) is 4.79 Å². The molecule has 1 fully saturated rings. The third-order valence-corrected chi connectivity index (χ3v) is 5.00. The first-order valence-corrected chi connectivity index (χ1v) is 9.41. The summed E-state index contributed by atoms with van der Waals surface area (Å²) in [5.41, 5.74) is -0.563. The molecular formula is C21H21N3O5. The van der Waals surface area contributed by atoms with Gasteiger partial charge in [-0.2, -0.15) is 0 Å². The second kappa shape index (κ2) is 7.83. The first-order chi connectivity index (χ1) is 14.1. The highest BCUT2D eigenvalue weighted by molar-refractivity contribution is 6.09. The Labute approximate surface area is 167 Å². The summed E-state index contributed by atoms with van der Waals surface area (Å²) >= 11 is 0. The Morgan fingerprint density at radius 1 is 1.14 bits per heavy atom. The summed E-state index contributed by atoms with van der Waals surface area (Å²) in [6.07, 6.45) is 0.317. The molecule has 29 heavy (non-hydrogen) atoms. The van der Waals surface area contributed by atoms with Gasteiger partial charge in [-0.3, -0.25) is 14.5 Å². The molecule has 4 amide bonds. The molecule has 0 bridgehead atoms. The van der Waals surface area contributed by atoms with E-state index in [4.69, 9.17) is 9.47 Å². The fourth-order valence-corrected chi connectivity index (χ4v) is 3.59. The van der Waals surface area contributed by atoms with Crippen molar-refractivity contribution in [1.29, 1.82) is 0 Å². The molecule has 4 rings (SSSR count). The van der Waals surface area contributed by atoms with Crippen molar-refractivity contribution in [3.63, 3.8) is 0 Å². The number of fused-ring (bicyclic) bond motifs is 2. The van der Waals surface area contributed by atoms with E-state index in [0.29, 0.717) is 30.1 Å². The van der Waals surface area contributed by atoms with Crippen LogP contribution in [0.1, 0.15) is 12.0 Å². The Morgan fingerprint density at radius 3 is 2.72 bits per heavy atom. The van der Waals surface area contributed by atoms with Gasteiger partial charge in [0.2, 0.25) is 5.91 Å². The Kier molecular flexibility index (Phi) is 5.07. The smallest absolute Gasteiger partial charge is 0.325 e. The Hall–Kier alpha value is -3.55. The van der Waals surface area contributed by atoms with E-state index < -0.39 is 23.4 Å². The number of nitrogens with one attached hydrogen (secondary N) is 2. The topological polar surface area (TPSA) is 97.0 Å². The van der Waals surface area contributed by atoms with E-state index >= 15 is 0 Å². The monoisotopic (exact) mass is 395 g/mol. The van der Waals surface area contributed by atoms with Gasteiger partial charge in [0, 0.05) is 12.0 Å². The number of amides is 4. The van der Waals surface area contributed by atoms with E-state index in [0.717, 1.165) is 4.90 Å². The van der Waals surface area contributed by atoms with Crippen LogP contribution in [0.3, 0.4) is 0 Å². The molecule has 2 aromatic carbocycles. The molecular weight excluding hydrogens is 374 g/mol. The van der Waals surface area contributed by atoms with E-state index in [-0.39, 0.29) is 19.7 Å². The van der Waals surface area contributed by atoms with Gasteiger partial charge in [0.15, 0.2) is 5.54 Å². The van der Waals surface area contributed by atoms with Crippen LogP contribution in [-0.4, -0.2) is 49.0 Å². The van der Waals surface area contributed by atoms with Gasteiger partial charge in [-0.1, -0.05) is 36.4 Å². The van der Waals surface area contributed by atoms with Gasteiger partial charge in [0.25, 0.3) is 5.91 Å². The zero-order chi connectivity index (χ0) is 20.3. The minimum atomic E-state index is -1.18. The fraction of sp³-hybridized carbons (Fsp3) is 0.286. The SMILES string of the molecule is O=C(CN1C(=O)NC2(CCOc3ccccc32)C1=O)NCCOc1ccccc1. The van der Waals surface area contributed by atoms with Gasteiger partial charge in [-0.05, 0) is 18.2 Å². The van der Waals surface area contributed by atoms with Crippen molar-refractivity contribution in [1.82, 2.24) is 15.5 Å². The Bertz CT molecular complexity index is 933. The molecule has 0 saturated carbocycles. The first kappa shape index (κ1) is 18.8. The third kappa shape index (κ3) is 3.61. The standard InChI is InChI=1S/C21H21N3O5/c25-18(22-11-13-28-15-6-2-1-3-7-15)14-24-19(26)21(23-20(24)27)10-12-29-17-9-5-4-8-16(17)21/h1-9H,10-14H2,(H,22,25)(H,23,27). The fourth-order valence-electron chi connectivity index (χ4n) is 3.59. The molecule has 0 aromatic heterocycles. The van der Waals surface area contributed by atoms with E-state index in [9.17, 15) is 14.4 Å². The highest BCUT2D eigenvalue weighted by atomic mass is 16.5. The number of hydrogen-bond donors (Lipinski definition) is 2. The van der Waals surface area contributed by atoms with Crippen LogP contribution in [0.2, 0.25) is 0 Å². The number of nitrogens with zero attached hydrogens (tertiary/aromatic N) is 1. The lowest BCUT2D eigenvalue weighted by Gasteiger charge is -2.33. The number of para-hydroxylation sites is 2. The lowest BCUT2D eigenvalue weighted by molar-refractivity contribution is -0.136. The number of rotatable bonds is 6. The van der Waals surface area contributed by atoms with Crippen molar-refractivity contribution in [2.75, 3.05) is 26.3 Å². The average Bonchev–Trinajstić information content (AvgIpc) is 2.97. The molecule has 150 valence electrons. The first-order valence-electron chi connectivity index (χ1n) is 9.41. The summed E-state index contributed by atoms with van der Waals surface area (Å²) in [7, 11) is 0. The Balaban J connectivity index is 1.36. The van der Waals surface area contributed by atoms with Gasteiger partial charge in [0.1, 0.15) is 24.7 Å². The minimum absolute atomic E-state index is 0.263. The third-order valence-electron chi connectivity index (χ3n) is 5.00. The molecule has 1 atom stereocenters. The number of benzene rings is 2. The zero-order valence-electron chi connectivity index (χ0n) is 15.7. The van der Waals surface area contributed by atoms with E-state index in [1.807, 2.05) is 36.4 Å². The summed E-state index contributed by atoms with van der Waals surface area (Å²) in [6.45, 7) is 0.504. The highest BCUT2D eigenvalue weighted by Gasteiger charge is 2.55. The molecule has 1 unspecified atom stereocenters. The van der Waals surface area contributed by atoms with Crippen LogP contribution >= 0.6 is 0 Å². The van der Waals surface area contributed by atoms with Gasteiger partial charge in [-0.15, -0.1) is 0 Å². The number of carbonyl (C=O) groups excluding carboxylic acids is 3. The second-order valence-corrected chi connectivity index (χ2v) is 6.83. The molecule has 8 heteroatoms.